The van der Waals surface area contributed by atoms with E-state index in [4.69, 9.17) is 4.74 Å². The van der Waals surface area contributed by atoms with Gasteiger partial charge in [-0.3, -0.25) is 9.59 Å². The number of alkyl halides is 3. The number of anilines is 1. The van der Waals surface area contributed by atoms with Crippen LogP contribution in [0, 0.1) is 5.92 Å². The van der Waals surface area contributed by atoms with Crippen molar-refractivity contribution in [3.63, 3.8) is 0 Å². The molecule has 2 aromatic rings. The van der Waals surface area contributed by atoms with Crippen LogP contribution in [0.15, 0.2) is 24.4 Å². The molecule has 0 spiro atoms. The lowest BCUT2D eigenvalue weighted by Crippen LogP contribution is -2.43. The van der Waals surface area contributed by atoms with Gasteiger partial charge in [-0.15, -0.1) is 0 Å². The van der Waals surface area contributed by atoms with Crippen molar-refractivity contribution >= 4 is 17.8 Å². The summed E-state index contributed by atoms with van der Waals surface area (Å²) in [6.07, 6.45) is -1.80. The Morgan fingerprint density at radius 1 is 1.31 bits per heavy atom. The first kappa shape index (κ1) is 25.6. The van der Waals surface area contributed by atoms with E-state index in [2.05, 4.69) is 15.7 Å². The fraction of sp³-hybridized carbons (Fsp3) is 0.542. The molecule has 1 aromatic heterocycles. The van der Waals surface area contributed by atoms with E-state index in [1.165, 1.54) is 0 Å². The van der Waals surface area contributed by atoms with Gasteiger partial charge in [0.1, 0.15) is 12.3 Å². The summed E-state index contributed by atoms with van der Waals surface area (Å²) in [6.45, 7) is 2.28. The molecule has 0 fully saturated rings. The van der Waals surface area contributed by atoms with Crippen LogP contribution in [0.1, 0.15) is 49.0 Å². The smallest absolute Gasteiger partial charge is 0.406 e. The van der Waals surface area contributed by atoms with Crippen LogP contribution in [-0.4, -0.2) is 64.0 Å². The highest BCUT2D eigenvalue weighted by atomic mass is 19.4. The molecule has 1 amide bonds. The number of aliphatic carboxylic acids is 1. The lowest BCUT2D eigenvalue weighted by atomic mass is 9.92. The monoisotopic (exact) mass is 509 g/mol. The lowest BCUT2D eigenvalue weighted by Gasteiger charge is -2.33. The van der Waals surface area contributed by atoms with Crippen LogP contribution in [0.3, 0.4) is 0 Å². The van der Waals surface area contributed by atoms with Crippen LogP contribution < -0.4 is 15.5 Å². The fourth-order valence-corrected chi connectivity index (χ4v) is 4.82. The molecule has 2 atom stereocenters. The molecule has 36 heavy (non-hydrogen) atoms. The predicted molar refractivity (Wildman–Crippen MR) is 125 cm³/mol. The topological polar surface area (TPSA) is 109 Å². The van der Waals surface area contributed by atoms with Crippen molar-refractivity contribution in [3.05, 3.63) is 41.2 Å². The van der Waals surface area contributed by atoms with Crippen molar-refractivity contribution in [2.45, 2.75) is 51.2 Å². The third kappa shape index (κ3) is 6.03. The molecule has 0 bridgehead atoms. The zero-order valence-corrected chi connectivity index (χ0v) is 20.0. The highest BCUT2D eigenvalue weighted by Gasteiger charge is 2.42. The normalized spacial score (nSPS) is 19.6. The van der Waals surface area contributed by atoms with Gasteiger partial charge in [-0.25, -0.2) is 9.66 Å². The molecule has 1 unspecified atom stereocenters. The molecule has 4 rings (SSSR count). The van der Waals surface area contributed by atoms with Gasteiger partial charge in [-0.05, 0) is 36.1 Å². The van der Waals surface area contributed by atoms with Crippen LogP contribution in [0.5, 0.6) is 5.75 Å². The second-order valence-electron chi connectivity index (χ2n) is 9.10. The van der Waals surface area contributed by atoms with E-state index in [9.17, 15) is 27.9 Å². The molecule has 3 N–H and O–H groups in total. The third-order valence-corrected chi connectivity index (χ3v) is 6.36. The predicted octanol–water partition coefficient (Wildman–Crippen LogP) is 3.35. The average molecular weight is 510 g/mol. The van der Waals surface area contributed by atoms with Crippen LogP contribution in [0.25, 0.3) is 0 Å². The third-order valence-electron chi connectivity index (χ3n) is 6.36. The lowest BCUT2D eigenvalue weighted by molar-refractivity contribution is -0.169. The van der Waals surface area contributed by atoms with Gasteiger partial charge in [0.2, 0.25) is 11.9 Å². The quantitative estimate of drug-likeness (QED) is 0.476. The Morgan fingerprint density at radius 3 is 2.81 bits per heavy atom. The van der Waals surface area contributed by atoms with Crippen LogP contribution in [-0.2, 0) is 22.4 Å². The molecule has 1 aromatic carbocycles. The number of rotatable bonds is 9. The van der Waals surface area contributed by atoms with Crippen molar-refractivity contribution in [2.75, 3.05) is 37.0 Å². The molecule has 9 nitrogen and oxygen atoms in total. The SMILES string of the molecule is CCCC1c2cc(OCCc3cn4c(n3)NCCN4)ccc2C[C@@H](CC(=O)O)C(=O)N1CC(F)(F)F. The number of carboxylic acid groups (broad SMARTS) is 1. The Hall–Kier alpha value is -3.44. The number of imidazole rings is 1. The number of amides is 1. The Kier molecular flexibility index (Phi) is 7.60. The number of carbonyl (C=O) groups excluding carboxylic acids is 1. The molecule has 2 aliphatic rings. The van der Waals surface area contributed by atoms with Gasteiger partial charge >= 0.3 is 12.1 Å². The second kappa shape index (κ2) is 10.7. The van der Waals surface area contributed by atoms with E-state index in [0.717, 1.165) is 29.6 Å². The minimum Gasteiger partial charge on any atom is -0.493 e. The van der Waals surface area contributed by atoms with E-state index in [1.54, 1.807) is 18.2 Å². The highest BCUT2D eigenvalue weighted by Crippen LogP contribution is 2.39. The molecule has 196 valence electrons. The zero-order chi connectivity index (χ0) is 25.9. The number of benzene rings is 1. The molecule has 0 aliphatic carbocycles. The number of nitrogens with one attached hydrogen (secondary N) is 2. The average Bonchev–Trinajstić information content (AvgIpc) is 3.19. The summed E-state index contributed by atoms with van der Waals surface area (Å²) in [7, 11) is 0. The molecule has 0 saturated carbocycles. The molecule has 3 heterocycles. The number of nitrogens with zero attached hydrogens (tertiary/aromatic N) is 3. The summed E-state index contributed by atoms with van der Waals surface area (Å²) >= 11 is 0. The maximum Gasteiger partial charge on any atom is 0.406 e. The summed E-state index contributed by atoms with van der Waals surface area (Å²) < 4.78 is 48.1. The van der Waals surface area contributed by atoms with Gasteiger partial charge in [0.25, 0.3) is 0 Å². The highest BCUT2D eigenvalue weighted by molar-refractivity contribution is 5.84. The summed E-state index contributed by atoms with van der Waals surface area (Å²) in [5.41, 5.74) is 5.26. The van der Waals surface area contributed by atoms with Gasteiger partial charge < -0.3 is 25.5 Å². The maximum absolute atomic E-state index is 13.5. The van der Waals surface area contributed by atoms with E-state index in [-0.39, 0.29) is 6.42 Å². The first-order valence-corrected chi connectivity index (χ1v) is 12.0. The first-order chi connectivity index (χ1) is 17.1. The van der Waals surface area contributed by atoms with Crippen molar-refractivity contribution in [3.8, 4) is 5.75 Å². The van der Waals surface area contributed by atoms with Crippen LogP contribution in [0.2, 0.25) is 0 Å². The first-order valence-electron chi connectivity index (χ1n) is 12.0. The van der Waals surface area contributed by atoms with Crippen molar-refractivity contribution in [1.29, 1.82) is 0 Å². The van der Waals surface area contributed by atoms with Crippen molar-refractivity contribution < 1.29 is 32.6 Å². The summed E-state index contributed by atoms with van der Waals surface area (Å²) in [5, 5.41) is 12.5. The standard InChI is InChI=1S/C24H30F3N5O4/c1-2-3-20-19-12-18(36-9-6-17-13-32-23(30-17)28-7-8-29-32)5-4-15(19)10-16(11-21(33)34)22(35)31(20)14-24(25,26)27/h4-5,12-13,16,20,29H,2-3,6-11,14H2,1H3,(H,28,30)(H,33,34)/t16-,20?/m0/s1. The van der Waals surface area contributed by atoms with Crippen molar-refractivity contribution in [2.24, 2.45) is 5.92 Å². The minimum absolute atomic E-state index is 0.0650. The summed E-state index contributed by atoms with van der Waals surface area (Å²) in [5.74, 6) is -1.86. The fourth-order valence-electron chi connectivity index (χ4n) is 4.82. The summed E-state index contributed by atoms with van der Waals surface area (Å²) in [6, 6.07) is 4.32. The largest absolute Gasteiger partial charge is 0.493 e. The number of ether oxygens (including phenoxy) is 1. The van der Waals surface area contributed by atoms with E-state index in [1.807, 2.05) is 17.8 Å². The van der Waals surface area contributed by atoms with Crippen LogP contribution >= 0.6 is 0 Å². The molecule has 2 aliphatic heterocycles. The second-order valence-corrected chi connectivity index (χ2v) is 9.10. The van der Waals surface area contributed by atoms with Crippen molar-refractivity contribution in [1.82, 2.24) is 14.6 Å². The Bertz CT molecular complexity index is 1080. The molecular weight excluding hydrogens is 479 g/mol. The zero-order valence-electron chi connectivity index (χ0n) is 20.0. The van der Waals surface area contributed by atoms with Gasteiger partial charge in [0.15, 0.2) is 0 Å². The Morgan fingerprint density at radius 2 is 2.11 bits per heavy atom. The van der Waals surface area contributed by atoms with Crippen LogP contribution in [0.4, 0.5) is 19.1 Å². The number of hydrogen-bond donors (Lipinski definition) is 3. The van der Waals surface area contributed by atoms with Gasteiger partial charge in [0.05, 0.1) is 36.9 Å². The minimum atomic E-state index is -4.61. The number of carbonyl (C=O) groups is 2. The van der Waals surface area contributed by atoms with Gasteiger partial charge in [-0.2, -0.15) is 13.2 Å². The number of halogens is 3. The molecular formula is C24H30F3N5O4. The van der Waals surface area contributed by atoms with E-state index >= 15 is 0 Å². The Labute approximate surface area is 206 Å². The molecule has 0 radical (unpaired) electrons. The molecule has 12 heteroatoms. The van der Waals surface area contributed by atoms with E-state index < -0.39 is 43.0 Å². The van der Waals surface area contributed by atoms with E-state index in [0.29, 0.717) is 42.7 Å². The van der Waals surface area contributed by atoms with Gasteiger partial charge in [-0.1, -0.05) is 19.4 Å². The Balaban J connectivity index is 1.56. The summed E-state index contributed by atoms with van der Waals surface area (Å²) in [4.78, 5) is 29.8. The van der Waals surface area contributed by atoms with Gasteiger partial charge in [0, 0.05) is 19.5 Å². The number of fused-ring (bicyclic) bond motifs is 2. The maximum atomic E-state index is 13.5. The molecule has 0 saturated heterocycles. The number of carboxylic acids is 1. The number of hydrogen-bond acceptors (Lipinski definition) is 6. The number of aromatic nitrogens is 2.